The van der Waals surface area contributed by atoms with Crippen LogP contribution in [0.3, 0.4) is 0 Å². The molecule has 1 aromatic carbocycles. The summed E-state index contributed by atoms with van der Waals surface area (Å²) in [5.74, 6) is 0.518. The number of hydrogen-bond donors (Lipinski definition) is 1. The van der Waals surface area contributed by atoms with Crippen molar-refractivity contribution in [3.05, 3.63) is 35.4 Å². The molecule has 20 heavy (non-hydrogen) atoms. The fraction of sp³-hybridized carbons (Fsp3) is 0.667. The first-order chi connectivity index (χ1) is 9.49. The Kier molecular flexibility index (Phi) is 3.64. The van der Waals surface area contributed by atoms with Crippen LogP contribution in [-0.4, -0.2) is 29.1 Å². The van der Waals surface area contributed by atoms with E-state index < -0.39 is 5.60 Å². The predicted octanol–water partition coefficient (Wildman–Crippen LogP) is 3.64. The van der Waals surface area contributed by atoms with Gasteiger partial charge in [-0.15, -0.1) is 0 Å². The standard InChI is InChI=1S/C18H27NO/c1-13(2)14-6-4-7-15(10-14)18(20)11-16-8-5-9-17(12-18)19(16)3/h4,6-7,10,13,16-17,20H,5,8-9,11-12H2,1-3H3. The Morgan fingerprint density at radius 3 is 2.45 bits per heavy atom. The normalized spacial score (nSPS) is 34.5. The first kappa shape index (κ1) is 14.1. The molecule has 1 aromatic rings. The SMILES string of the molecule is CC(C)c1cccc(C2(O)CC3CCCC(C2)N3C)c1. The van der Waals surface area contributed by atoms with Gasteiger partial charge in [0.25, 0.3) is 0 Å². The first-order valence-corrected chi connectivity index (χ1v) is 8.04. The van der Waals surface area contributed by atoms with E-state index >= 15 is 0 Å². The largest absolute Gasteiger partial charge is 0.385 e. The summed E-state index contributed by atoms with van der Waals surface area (Å²) >= 11 is 0. The quantitative estimate of drug-likeness (QED) is 0.889. The Balaban J connectivity index is 1.91. The summed E-state index contributed by atoms with van der Waals surface area (Å²) in [6.45, 7) is 4.43. The van der Waals surface area contributed by atoms with Gasteiger partial charge in [0.2, 0.25) is 0 Å². The summed E-state index contributed by atoms with van der Waals surface area (Å²) < 4.78 is 0. The zero-order valence-electron chi connectivity index (χ0n) is 13.0. The fourth-order valence-electron chi connectivity index (χ4n) is 4.07. The molecule has 0 radical (unpaired) electrons. The maximum atomic E-state index is 11.2. The van der Waals surface area contributed by atoms with E-state index in [1.807, 2.05) is 0 Å². The van der Waals surface area contributed by atoms with Crippen LogP contribution in [0, 0.1) is 0 Å². The molecule has 2 heteroatoms. The molecule has 3 rings (SSSR count). The number of rotatable bonds is 2. The lowest BCUT2D eigenvalue weighted by Gasteiger charge is -2.51. The Bertz CT molecular complexity index is 468. The van der Waals surface area contributed by atoms with Crippen molar-refractivity contribution < 1.29 is 5.11 Å². The van der Waals surface area contributed by atoms with E-state index in [1.54, 1.807) is 0 Å². The number of hydrogen-bond acceptors (Lipinski definition) is 2. The summed E-state index contributed by atoms with van der Waals surface area (Å²) in [6.07, 6.45) is 5.57. The Hall–Kier alpha value is -0.860. The highest BCUT2D eigenvalue weighted by molar-refractivity contribution is 5.31. The van der Waals surface area contributed by atoms with Gasteiger partial charge in [0.15, 0.2) is 0 Å². The highest BCUT2D eigenvalue weighted by Gasteiger charge is 2.44. The predicted molar refractivity (Wildman–Crippen MR) is 82.9 cm³/mol. The van der Waals surface area contributed by atoms with Gasteiger partial charge >= 0.3 is 0 Å². The van der Waals surface area contributed by atoms with Gasteiger partial charge in [0.1, 0.15) is 0 Å². The Morgan fingerprint density at radius 2 is 1.85 bits per heavy atom. The van der Waals surface area contributed by atoms with Gasteiger partial charge in [-0.1, -0.05) is 44.5 Å². The second-order valence-electron chi connectivity index (χ2n) is 7.12. The van der Waals surface area contributed by atoms with Crippen LogP contribution < -0.4 is 0 Å². The third-order valence-corrected chi connectivity index (χ3v) is 5.46. The molecule has 110 valence electrons. The van der Waals surface area contributed by atoms with Crippen LogP contribution in [0.15, 0.2) is 24.3 Å². The van der Waals surface area contributed by atoms with Crippen molar-refractivity contribution in [1.82, 2.24) is 4.90 Å². The lowest BCUT2D eigenvalue weighted by Crippen LogP contribution is -2.55. The lowest BCUT2D eigenvalue weighted by molar-refractivity contribution is -0.0875. The molecular formula is C18H27NO. The average Bonchev–Trinajstić information content (AvgIpc) is 2.41. The van der Waals surface area contributed by atoms with Crippen molar-refractivity contribution in [3.8, 4) is 0 Å². The smallest absolute Gasteiger partial charge is 0.0926 e. The van der Waals surface area contributed by atoms with Crippen molar-refractivity contribution in [1.29, 1.82) is 0 Å². The van der Waals surface area contributed by atoms with Crippen LogP contribution in [0.25, 0.3) is 0 Å². The van der Waals surface area contributed by atoms with Crippen LogP contribution >= 0.6 is 0 Å². The zero-order chi connectivity index (χ0) is 14.3. The number of nitrogens with zero attached hydrogens (tertiary/aromatic N) is 1. The monoisotopic (exact) mass is 273 g/mol. The fourth-order valence-corrected chi connectivity index (χ4v) is 4.07. The van der Waals surface area contributed by atoms with Crippen LogP contribution in [0.2, 0.25) is 0 Å². The van der Waals surface area contributed by atoms with E-state index in [9.17, 15) is 5.11 Å². The summed E-state index contributed by atoms with van der Waals surface area (Å²) in [4.78, 5) is 2.50. The van der Waals surface area contributed by atoms with Gasteiger partial charge in [-0.25, -0.2) is 0 Å². The molecule has 0 saturated carbocycles. The molecule has 2 nitrogen and oxygen atoms in total. The topological polar surface area (TPSA) is 23.5 Å². The van der Waals surface area contributed by atoms with Crippen molar-refractivity contribution >= 4 is 0 Å². The van der Waals surface area contributed by atoms with E-state index in [0.29, 0.717) is 18.0 Å². The highest BCUT2D eigenvalue weighted by atomic mass is 16.3. The van der Waals surface area contributed by atoms with Crippen molar-refractivity contribution in [2.45, 2.75) is 69.6 Å². The van der Waals surface area contributed by atoms with Crippen LogP contribution in [0.5, 0.6) is 0 Å². The summed E-state index contributed by atoms with van der Waals surface area (Å²) in [6, 6.07) is 9.73. The number of aliphatic hydroxyl groups is 1. The van der Waals surface area contributed by atoms with Crippen LogP contribution in [-0.2, 0) is 5.60 Å². The third kappa shape index (κ3) is 2.40. The summed E-state index contributed by atoms with van der Waals surface area (Å²) in [5, 5.41) is 11.2. The molecule has 2 aliphatic heterocycles. The molecule has 0 amide bonds. The molecule has 2 bridgehead atoms. The van der Waals surface area contributed by atoms with E-state index in [1.165, 1.54) is 24.8 Å². The molecule has 0 spiro atoms. The number of benzene rings is 1. The molecule has 2 fully saturated rings. The van der Waals surface area contributed by atoms with E-state index in [0.717, 1.165) is 18.4 Å². The van der Waals surface area contributed by atoms with Gasteiger partial charge in [0, 0.05) is 12.1 Å². The van der Waals surface area contributed by atoms with Gasteiger partial charge in [-0.3, -0.25) is 0 Å². The molecule has 2 heterocycles. The molecular weight excluding hydrogens is 246 g/mol. The second-order valence-corrected chi connectivity index (χ2v) is 7.12. The molecule has 0 aliphatic carbocycles. The first-order valence-electron chi connectivity index (χ1n) is 8.04. The molecule has 0 aromatic heterocycles. The van der Waals surface area contributed by atoms with Gasteiger partial charge in [-0.2, -0.15) is 0 Å². The molecule has 2 saturated heterocycles. The molecule has 2 unspecified atom stereocenters. The van der Waals surface area contributed by atoms with Crippen molar-refractivity contribution in [2.24, 2.45) is 0 Å². The maximum Gasteiger partial charge on any atom is 0.0926 e. The van der Waals surface area contributed by atoms with Crippen LogP contribution in [0.4, 0.5) is 0 Å². The molecule has 1 N–H and O–H groups in total. The second kappa shape index (κ2) is 5.16. The number of fused-ring (bicyclic) bond motifs is 2. The van der Waals surface area contributed by atoms with Gasteiger partial charge in [-0.05, 0) is 49.8 Å². The Labute approximate surface area is 122 Å². The minimum absolute atomic E-state index is 0.518. The lowest BCUT2D eigenvalue weighted by atomic mass is 9.72. The molecule has 2 aliphatic rings. The minimum Gasteiger partial charge on any atom is -0.385 e. The van der Waals surface area contributed by atoms with E-state index in [4.69, 9.17) is 0 Å². The van der Waals surface area contributed by atoms with Gasteiger partial charge in [0.05, 0.1) is 5.60 Å². The third-order valence-electron chi connectivity index (χ3n) is 5.46. The summed E-state index contributed by atoms with van der Waals surface area (Å²) in [7, 11) is 2.23. The van der Waals surface area contributed by atoms with Crippen LogP contribution in [0.1, 0.15) is 63.0 Å². The number of piperidine rings is 2. The van der Waals surface area contributed by atoms with Gasteiger partial charge < -0.3 is 10.0 Å². The van der Waals surface area contributed by atoms with Crippen molar-refractivity contribution in [3.63, 3.8) is 0 Å². The van der Waals surface area contributed by atoms with Crippen molar-refractivity contribution in [2.75, 3.05) is 7.05 Å². The van der Waals surface area contributed by atoms with E-state index in [-0.39, 0.29) is 0 Å². The maximum absolute atomic E-state index is 11.2. The highest BCUT2D eigenvalue weighted by Crippen LogP contribution is 2.43. The Morgan fingerprint density at radius 1 is 1.20 bits per heavy atom. The molecule has 2 atom stereocenters. The van der Waals surface area contributed by atoms with E-state index in [2.05, 4.69) is 50.1 Å². The minimum atomic E-state index is -0.618. The average molecular weight is 273 g/mol. The summed E-state index contributed by atoms with van der Waals surface area (Å²) in [5.41, 5.74) is 1.85. The zero-order valence-corrected chi connectivity index (χ0v) is 13.0.